The topological polar surface area (TPSA) is 79.5 Å². The maximum absolute atomic E-state index is 12.5. The fourth-order valence-corrected chi connectivity index (χ4v) is 3.30. The Kier molecular flexibility index (Phi) is 4.99. The van der Waals surface area contributed by atoms with Gasteiger partial charge in [0.25, 0.3) is 5.91 Å². The molecule has 0 spiro atoms. The fourth-order valence-electron chi connectivity index (χ4n) is 3.30. The van der Waals surface area contributed by atoms with Crippen molar-refractivity contribution < 1.29 is 19.1 Å². The average Bonchev–Trinajstić information content (AvgIpc) is 2.72. The third kappa shape index (κ3) is 3.83. The molecule has 23 heavy (non-hydrogen) atoms. The van der Waals surface area contributed by atoms with Crippen LogP contribution in [0.15, 0.2) is 4.42 Å². The van der Waals surface area contributed by atoms with Crippen molar-refractivity contribution in [2.75, 3.05) is 6.61 Å². The van der Waals surface area contributed by atoms with Gasteiger partial charge in [0, 0.05) is 18.4 Å². The third-order valence-electron chi connectivity index (χ3n) is 4.29. The Morgan fingerprint density at radius 3 is 2.57 bits per heavy atom. The minimum Gasteiger partial charge on any atom is -0.455 e. The van der Waals surface area contributed by atoms with Gasteiger partial charge in [0.2, 0.25) is 0 Å². The number of hydrogen-bond donors (Lipinski definition) is 2. The number of fused-ring (bicyclic) bond motifs is 1. The molecular formula is C18H27NO4. The number of rotatable bonds is 5. The predicted octanol–water partition coefficient (Wildman–Crippen LogP) is 2.88. The van der Waals surface area contributed by atoms with Crippen molar-refractivity contribution in [2.24, 2.45) is 11.3 Å². The number of hydrogen-bond acceptors (Lipinski definition) is 4. The second kappa shape index (κ2) is 6.48. The van der Waals surface area contributed by atoms with Gasteiger partial charge >= 0.3 is 0 Å². The second-order valence-corrected chi connectivity index (χ2v) is 7.78. The Labute approximate surface area is 137 Å². The standard InChI is InChI=1S/C18H27NO4/c1-10(2)6-12(9-20)19-17(22)16-11(3)15-13(21)7-18(4,5)8-14(15)23-16/h10,12,20H,6-9H2,1-5H3,(H,19,22). The molecule has 1 aliphatic rings. The molecule has 0 fully saturated rings. The number of nitrogens with one attached hydrogen (secondary N) is 1. The summed E-state index contributed by atoms with van der Waals surface area (Å²) in [7, 11) is 0. The Morgan fingerprint density at radius 1 is 1.35 bits per heavy atom. The van der Waals surface area contributed by atoms with Crippen LogP contribution in [0.3, 0.4) is 0 Å². The molecule has 1 amide bonds. The van der Waals surface area contributed by atoms with Crippen molar-refractivity contribution in [3.05, 3.63) is 22.6 Å². The van der Waals surface area contributed by atoms with Crippen molar-refractivity contribution in [2.45, 2.75) is 59.9 Å². The van der Waals surface area contributed by atoms with E-state index in [1.54, 1.807) is 6.92 Å². The zero-order chi connectivity index (χ0) is 17.4. The Bertz CT molecular complexity index is 613. The van der Waals surface area contributed by atoms with Gasteiger partial charge in [0.15, 0.2) is 11.5 Å². The van der Waals surface area contributed by atoms with E-state index in [0.717, 1.165) is 0 Å². The average molecular weight is 321 g/mol. The number of carbonyl (C=O) groups excluding carboxylic acids is 2. The lowest BCUT2D eigenvalue weighted by atomic mass is 9.76. The van der Waals surface area contributed by atoms with Crippen LogP contribution in [0, 0.1) is 18.3 Å². The van der Waals surface area contributed by atoms with Crippen LogP contribution in [-0.4, -0.2) is 29.4 Å². The number of ketones is 1. The molecule has 2 N–H and O–H groups in total. The molecule has 0 aliphatic heterocycles. The fraction of sp³-hybridized carbons (Fsp3) is 0.667. The van der Waals surface area contributed by atoms with E-state index < -0.39 is 0 Å². The van der Waals surface area contributed by atoms with Gasteiger partial charge in [-0.15, -0.1) is 0 Å². The Morgan fingerprint density at radius 2 is 2.00 bits per heavy atom. The van der Waals surface area contributed by atoms with E-state index in [4.69, 9.17) is 4.42 Å². The first-order chi connectivity index (χ1) is 10.6. The molecule has 128 valence electrons. The minimum absolute atomic E-state index is 0.0393. The van der Waals surface area contributed by atoms with Crippen LogP contribution in [0.1, 0.15) is 72.8 Å². The molecule has 0 bridgehead atoms. The maximum atomic E-state index is 12.5. The van der Waals surface area contributed by atoms with Gasteiger partial charge in [-0.05, 0) is 24.7 Å². The molecule has 0 saturated carbocycles. The van der Waals surface area contributed by atoms with Gasteiger partial charge in [0.05, 0.1) is 18.2 Å². The third-order valence-corrected chi connectivity index (χ3v) is 4.29. The van der Waals surface area contributed by atoms with Crippen LogP contribution in [0.25, 0.3) is 0 Å². The summed E-state index contributed by atoms with van der Waals surface area (Å²) in [5.74, 6) is 0.849. The first-order valence-corrected chi connectivity index (χ1v) is 8.22. The minimum atomic E-state index is -0.359. The van der Waals surface area contributed by atoms with Crippen molar-refractivity contribution in [3.63, 3.8) is 0 Å². The summed E-state index contributed by atoms with van der Waals surface area (Å²) < 4.78 is 5.74. The first kappa shape index (κ1) is 17.7. The van der Waals surface area contributed by atoms with Gasteiger partial charge in [-0.1, -0.05) is 27.7 Å². The highest BCUT2D eigenvalue weighted by Gasteiger charge is 2.37. The molecular weight excluding hydrogens is 294 g/mol. The van der Waals surface area contributed by atoms with E-state index in [-0.39, 0.29) is 35.5 Å². The number of aliphatic hydroxyl groups excluding tert-OH is 1. The molecule has 1 aliphatic carbocycles. The van der Waals surface area contributed by atoms with Gasteiger partial charge in [0.1, 0.15) is 5.76 Å². The number of Topliss-reactive ketones (excluding diaryl/α,β-unsaturated/α-hetero) is 1. The summed E-state index contributed by atoms with van der Waals surface area (Å²) in [5, 5.41) is 12.2. The highest BCUT2D eigenvalue weighted by Crippen LogP contribution is 2.38. The summed E-state index contributed by atoms with van der Waals surface area (Å²) >= 11 is 0. The lowest BCUT2D eigenvalue weighted by Crippen LogP contribution is -2.38. The maximum Gasteiger partial charge on any atom is 0.287 e. The summed E-state index contributed by atoms with van der Waals surface area (Å²) in [6, 6.07) is -0.309. The van der Waals surface area contributed by atoms with E-state index >= 15 is 0 Å². The highest BCUT2D eigenvalue weighted by molar-refractivity contribution is 6.03. The molecule has 1 aromatic heterocycles. The van der Waals surface area contributed by atoms with Gasteiger partial charge < -0.3 is 14.8 Å². The van der Waals surface area contributed by atoms with E-state index in [1.807, 2.05) is 27.7 Å². The number of carbonyl (C=O) groups is 2. The van der Waals surface area contributed by atoms with Crippen LogP contribution in [0.5, 0.6) is 0 Å². The molecule has 0 aromatic carbocycles. The van der Waals surface area contributed by atoms with Crippen LogP contribution in [0.4, 0.5) is 0 Å². The molecule has 1 heterocycles. The zero-order valence-corrected chi connectivity index (χ0v) is 14.7. The molecule has 0 saturated heterocycles. The lowest BCUT2D eigenvalue weighted by molar-refractivity contribution is 0.0865. The monoisotopic (exact) mass is 321 g/mol. The summed E-state index contributed by atoms with van der Waals surface area (Å²) in [5.41, 5.74) is 1.03. The largest absolute Gasteiger partial charge is 0.455 e. The molecule has 5 heteroatoms. The van der Waals surface area contributed by atoms with Crippen molar-refractivity contribution in [3.8, 4) is 0 Å². The summed E-state index contributed by atoms with van der Waals surface area (Å²) in [4.78, 5) is 24.8. The van der Waals surface area contributed by atoms with E-state index in [0.29, 0.717) is 42.1 Å². The first-order valence-electron chi connectivity index (χ1n) is 8.22. The molecule has 2 rings (SSSR count). The quantitative estimate of drug-likeness (QED) is 0.874. The van der Waals surface area contributed by atoms with E-state index in [9.17, 15) is 14.7 Å². The Balaban J connectivity index is 2.25. The van der Waals surface area contributed by atoms with Gasteiger partial charge in [-0.2, -0.15) is 0 Å². The van der Waals surface area contributed by atoms with E-state index in [2.05, 4.69) is 5.32 Å². The molecule has 1 aromatic rings. The number of furan rings is 1. The van der Waals surface area contributed by atoms with Crippen molar-refractivity contribution in [1.29, 1.82) is 0 Å². The van der Waals surface area contributed by atoms with E-state index in [1.165, 1.54) is 0 Å². The van der Waals surface area contributed by atoms with Crippen molar-refractivity contribution >= 4 is 11.7 Å². The smallest absolute Gasteiger partial charge is 0.287 e. The van der Waals surface area contributed by atoms with Gasteiger partial charge in [-0.25, -0.2) is 0 Å². The van der Waals surface area contributed by atoms with Gasteiger partial charge in [-0.3, -0.25) is 9.59 Å². The van der Waals surface area contributed by atoms with Crippen LogP contribution >= 0.6 is 0 Å². The van der Waals surface area contributed by atoms with Crippen molar-refractivity contribution in [1.82, 2.24) is 5.32 Å². The van der Waals surface area contributed by atoms with Crippen LogP contribution in [-0.2, 0) is 6.42 Å². The second-order valence-electron chi connectivity index (χ2n) is 7.78. The zero-order valence-electron chi connectivity index (χ0n) is 14.7. The summed E-state index contributed by atoms with van der Waals surface area (Å²) in [6.45, 7) is 9.75. The SMILES string of the molecule is Cc1c(C(=O)NC(CO)CC(C)C)oc2c1C(=O)CC(C)(C)C2. The predicted molar refractivity (Wildman–Crippen MR) is 87.7 cm³/mol. The molecule has 1 unspecified atom stereocenters. The van der Waals surface area contributed by atoms with Crippen LogP contribution in [0.2, 0.25) is 0 Å². The number of aliphatic hydroxyl groups is 1. The summed E-state index contributed by atoms with van der Waals surface area (Å²) in [6.07, 6.45) is 1.80. The highest BCUT2D eigenvalue weighted by atomic mass is 16.4. The molecule has 5 nitrogen and oxygen atoms in total. The Hall–Kier alpha value is -1.62. The molecule has 0 radical (unpaired) electrons. The molecule has 1 atom stereocenters. The lowest BCUT2D eigenvalue weighted by Gasteiger charge is -2.27. The van der Waals surface area contributed by atoms with Crippen LogP contribution < -0.4 is 5.32 Å². The normalized spacial score (nSPS) is 18.0. The number of amides is 1.